The minimum atomic E-state index is -0.569. The highest BCUT2D eigenvalue weighted by Crippen LogP contribution is 2.49. The second-order valence-corrected chi connectivity index (χ2v) is 7.09. The molecule has 3 aromatic rings. The summed E-state index contributed by atoms with van der Waals surface area (Å²) in [4.78, 5) is 27.8. The standard InChI is InChI=1S/C21H17ClN4O2/c1-2-12-4-3-5-13(8-12)6-7-14-9-15(14)16-10-18(25-26-19(16)22)17-11-23-21(28)24-20(17)27/h3-5,8,10-11,14-15H,2,9H2,1H3,(H2,23,24,27,28)/t14-,15-/m0/s1. The number of nitrogens with one attached hydrogen (secondary N) is 2. The second-order valence-electron chi connectivity index (χ2n) is 6.73. The number of H-pyrrole nitrogens is 2. The summed E-state index contributed by atoms with van der Waals surface area (Å²) in [6, 6.07) is 9.97. The van der Waals surface area contributed by atoms with Crippen molar-refractivity contribution >= 4 is 11.6 Å². The third-order valence-corrected chi connectivity index (χ3v) is 5.09. The minimum Gasteiger partial charge on any atom is -0.313 e. The Kier molecular flexibility index (Phi) is 4.84. The average Bonchev–Trinajstić information content (AvgIpc) is 3.47. The number of hydrogen-bond donors (Lipinski definition) is 2. The Morgan fingerprint density at radius 1 is 1.25 bits per heavy atom. The molecule has 0 radical (unpaired) electrons. The molecule has 1 aliphatic rings. The van der Waals surface area contributed by atoms with Crippen LogP contribution in [0.15, 0.2) is 46.1 Å². The summed E-state index contributed by atoms with van der Waals surface area (Å²) in [5.41, 5.74) is 2.60. The highest BCUT2D eigenvalue weighted by Gasteiger charge is 2.39. The maximum Gasteiger partial charge on any atom is 0.325 e. The highest BCUT2D eigenvalue weighted by molar-refractivity contribution is 6.30. The summed E-state index contributed by atoms with van der Waals surface area (Å²) < 4.78 is 0. The first-order valence-electron chi connectivity index (χ1n) is 9.01. The molecule has 7 heteroatoms. The van der Waals surface area contributed by atoms with Crippen molar-refractivity contribution in [1.29, 1.82) is 0 Å². The number of halogens is 1. The molecule has 2 heterocycles. The molecule has 4 rings (SSSR count). The predicted octanol–water partition coefficient (Wildman–Crippen LogP) is 2.89. The largest absolute Gasteiger partial charge is 0.325 e. The van der Waals surface area contributed by atoms with Gasteiger partial charge in [-0.25, -0.2) is 4.79 Å². The van der Waals surface area contributed by atoms with E-state index in [4.69, 9.17) is 11.6 Å². The van der Waals surface area contributed by atoms with Gasteiger partial charge in [0.05, 0.1) is 5.56 Å². The summed E-state index contributed by atoms with van der Waals surface area (Å²) in [5, 5.41) is 8.28. The molecule has 140 valence electrons. The van der Waals surface area contributed by atoms with E-state index in [1.807, 2.05) is 12.1 Å². The number of aromatic nitrogens is 4. The van der Waals surface area contributed by atoms with E-state index in [1.54, 1.807) is 6.07 Å². The van der Waals surface area contributed by atoms with Crippen molar-refractivity contribution in [3.05, 3.63) is 79.2 Å². The van der Waals surface area contributed by atoms with Gasteiger partial charge in [-0.05, 0) is 42.2 Å². The van der Waals surface area contributed by atoms with Gasteiger partial charge in [0.15, 0.2) is 5.15 Å². The molecule has 0 aliphatic heterocycles. The van der Waals surface area contributed by atoms with Crippen LogP contribution in [0, 0.1) is 17.8 Å². The molecular formula is C21H17ClN4O2. The number of aryl methyl sites for hydroxylation is 1. The summed E-state index contributed by atoms with van der Waals surface area (Å²) in [6.45, 7) is 2.12. The maximum absolute atomic E-state index is 12.0. The van der Waals surface area contributed by atoms with Crippen LogP contribution in [-0.4, -0.2) is 20.2 Å². The van der Waals surface area contributed by atoms with Crippen molar-refractivity contribution in [1.82, 2.24) is 20.2 Å². The number of rotatable bonds is 3. The van der Waals surface area contributed by atoms with Crippen molar-refractivity contribution in [2.45, 2.75) is 25.7 Å². The van der Waals surface area contributed by atoms with Crippen molar-refractivity contribution < 1.29 is 0 Å². The van der Waals surface area contributed by atoms with E-state index in [-0.39, 0.29) is 17.4 Å². The molecule has 1 aromatic carbocycles. The monoisotopic (exact) mass is 392 g/mol. The van der Waals surface area contributed by atoms with E-state index >= 15 is 0 Å². The van der Waals surface area contributed by atoms with E-state index < -0.39 is 11.2 Å². The smallest absolute Gasteiger partial charge is 0.313 e. The number of aromatic amines is 2. The van der Waals surface area contributed by atoms with Crippen LogP contribution in [0.1, 0.15) is 36.0 Å². The minimum absolute atomic E-state index is 0.158. The van der Waals surface area contributed by atoms with Gasteiger partial charge in [-0.2, -0.15) is 0 Å². The fourth-order valence-corrected chi connectivity index (χ4v) is 3.36. The molecule has 1 saturated carbocycles. The Morgan fingerprint density at radius 3 is 2.89 bits per heavy atom. The Hall–Kier alpha value is -3.17. The SMILES string of the molecule is CCc1cccc(C#C[C@H]2C[C@@H]2c2cc(-c3c[nH]c(=O)[nH]c3=O)nnc2Cl)c1. The molecule has 1 fully saturated rings. The van der Waals surface area contributed by atoms with Gasteiger partial charge in [-0.3, -0.25) is 9.78 Å². The molecule has 0 unspecified atom stereocenters. The van der Waals surface area contributed by atoms with Gasteiger partial charge in [0.25, 0.3) is 5.56 Å². The van der Waals surface area contributed by atoms with Gasteiger partial charge in [0.2, 0.25) is 0 Å². The number of hydrogen-bond acceptors (Lipinski definition) is 4. The lowest BCUT2D eigenvalue weighted by Crippen LogP contribution is -2.23. The van der Waals surface area contributed by atoms with Crippen molar-refractivity contribution in [3.8, 4) is 23.1 Å². The van der Waals surface area contributed by atoms with E-state index in [0.29, 0.717) is 10.8 Å². The Morgan fingerprint density at radius 2 is 2.11 bits per heavy atom. The van der Waals surface area contributed by atoms with Gasteiger partial charge in [0.1, 0.15) is 5.69 Å². The summed E-state index contributed by atoms with van der Waals surface area (Å²) >= 11 is 6.24. The molecule has 28 heavy (non-hydrogen) atoms. The first-order chi connectivity index (χ1) is 13.5. The van der Waals surface area contributed by atoms with Crippen molar-refractivity contribution in [2.75, 3.05) is 0 Å². The number of nitrogens with zero attached hydrogens (tertiary/aromatic N) is 2. The van der Waals surface area contributed by atoms with Crippen LogP contribution in [0.25, 0.3) is 11.3 Å². The van der Waals surface area contributed by atoms with Crippen molar-refractivity contribution in [2.24, 2.45) is 5.92 Å². The Bertz CT molecular complexity index is 1220. The zero-order valence-electron chi connectivity index (χ0n) is 15.1. The van der Waals surface area contributed by atoms with Crippen LogP contribution in [0.5, 0.6) is 0 Å². The van der Waals surface area contributed by atoms with Crippen LogP contribution in [0.2, 0.25) is 5.15 Å². The molecule has 0 amide bonds. The molecule has 2 aromatic heterocycles. The second kappa shape index (κ2) is 7.45. The summed E-state index contributed by atoms with van der Waals surface area (Å²) in [7, 11) is 0. The first kappa shape index (κ1) is 18.2. The lowest BCUT2D eigenvalue weighted by atomic mass is 10.1. The fourth-order valence-electron chi connectivity index (χ4n) is 3.13. The van der Waals surface area contributed by atoms with Gasteiger partial charge >= 0.3 is 5.69 Å². The van der Waals surface area contributed by atoms with E-state index in [2.05, 4.69) is 51.1 Å². The van der Waals surface area contributed by atoms with Gasteiger partial charge in [-0.1, -0.05) is 42.5 Å². The van der Waals surface area contributed by atoms with Crippen LogP contribution in [0.4, 0.5) is 0 Å². The quantitative estimate of drug-likeness (QED) is 0.670. The summed E-state index contributed by atoms with van der Waals surface area (Å²) in [6.07, 6.45) is 3.19. The molecule has 2 atom stereocenters. The lowest BCUT2D eigenvalue weighted by molar-refractivity contribution is 0.953. The third-order valence-electron chi connectivity index (χ3n) is 4.80. The molecule has 0 spiro atoms. The van der Waals surface area contributed by atoms with Gasteiger partial charge in [-0.15, -0.1) is 10.2 Å². The molecule has 6 nitrogen and oxygen atoms in total. The van der Waals surface area contributed by atoms with Crippen molar-refractivity contribution in [3.63, 3.8) is 0 Å². The highest BCUT2D eigenvalue weighted by atomic mass is 35.5. The van der Waals surface area contributed by atoms with Gasteiger partial charge < -0.3 is 4.98 Å². The third kappa shape index (κ3) is 3.75. The van der Waals surface area contributed by atoms with E-state index in [0.717, 1.165) is 24.0 Å². The molecule has 0 bridgehead atoms. The van der Waals surface area contributed by atoms with E-state index in [1.165, 1.54) is 11.8 Å². The van der Waals surface area contributed by atoms with Crippen LogP contribution in [-0.2, 0) is 6.42 Å². The zero-order valence-corrected chi connectivity index (χ0v) is 15.9. The fraction of sp³-hybridized carbons (Fsp3) is 0.238. The summed E-state index contributed by atoms with van der Waals surface area (Å²) in [5.74, 6) is 6.89. The van der Waals surface area contributed by atoms with Crippen LogP contribution in [0.3, 0.4) is 0 Å². The van der Waals surface area contributed by atoms with Crippen LogP contribution < -0.4 is 11.2 Å². The van der Waals surface area contributed by atoms with Gasteiger partial charge in [0, 0.05) is 23.6 Å². The molecule has 2 N–H and O–H groups in total. The molecule has 0 saturated heterocycles. The molecular weight excluding hydrogens is 376 g/mol. The predicted molar refractivity (Wildman–Crippen MR) is 107 cm³/mol. The lowest BCUT2D eigenvalue weighted by Gasteiger charge is -2.04. The average molecular weight is 393 g/mol. The maximum atomic E-state index is 12.0. The number of benzene rings is 1. The van der Waals surface area contributed by atoms with E-state index in [9.17, 15) is 9.59 Å². The molecule has 1 aliphatic carbocycles. The zero-order chi connectivity index (χ0) is 19.7. The Balaban J connectivity index is 1.59. The topological polar surface area (TPSA) is 91.5 Å². The first-order valence-corrected chi connectivity index (χ1v) is 9.39. The normalized spacial score (nSPS) is 17.6. The van der Waals surface area contributed by atoms with Crippen LogP contribution >= 0.6 is 11.6 Å². The Labute approximate surface area is 166 Å².